The highest BCUT2D eigenvalue weighted by atomic mass is 79.9. The maximum Gasteiger partial charge on any atom is 0.265 e. The van der Waals surface area contributed by atoms with Crippen LogP contribution in [0, 0.1) is 0 Å². The highest BCUT2D eigenvalue weighted by Gasteiger charge is 2.21. The lowest BCUT2D eigenvalue weighted by molar-refractivity contribution is -0.0935. The Morgan fingerprint density at radius 1 is 1.25 bits per heavy atom. The van der Waals surface area contributed by atoms with Gasteiger partial charge in [0, 0.05) is 5.56 Å². The number of ether oxygens (including phenoxy) is 2. The van der Waals surface area contributed by atoms with Crippen molar-refractivity contribution >= 4 is 15.9 Å². The van der Waals surface area contributed by atoms with E-state index < -0.39 is 0 Å². The van der Waals surface area contributed by atoms with E-state index in [-0.39, 0.29) is 11.7 Å². The van der Waals surface area contributed by atoms with E-state index in [0.29, 0.717) is 35.8 Å². The second-order valence-corrected chi connectivity index (χ2v) is 5.21. The first kappa shape index (κ1) is 13.5. The van der Waals surface area contributed by atoms with Crippen LogP contribution in [0.25, 0.3) is 11.3 Å². The Morgan fingerprint density at radius 3 is 2.75 bits per heavy atom. The lowest BCUT2D eigenvalue weighted by Gasteiger charge is -2.22. The monoisotopic (exact) mass is 336 g/mol. The van der Waals surface area contributed by atoms with Crippen LogP contribution < -0.4 is 5.56 Å². The molecule has 0 radical (unpaired) electrons. The molecule has 0 bridgehead atoms. The topological polar surface area (TPSA) is 64.2 Å². The van der Waals surface area contributed by atoms with Gasteiger partial charge >= 0.3 is 0 Å². The van der Waals surface area contributed by atoms with Crippen LogP contribution in [0.1, 0.15) is 11.9 Å². The molecule has 0 aliphatic carbocycles. The van der Waals surface area contributed by atoms with Gasteiger partial charge in [-0.15, -0.1) is 0 Å². The zero-order valence-corrected chi connectivity index (χ0v) is 12.2. The summed E-state index contributed by atoms with van der Waals surface area (Å²) in [6.07, 6.45) is -0.327. The molecule has 1 saturated heterocycles. The summed E-state index contributed by atoms with van der Waals surface area (Å²) in [4.78, 5) is 19.3. The summed E-state index contributed by atoms with van der Waals surface area (Å²) in [5, 5.41) is 0. The van der Waals surface area contributed by atoms with Crippen molar-refractivity contribution in [3.63, 3.8) is 0 Å². The predicted octanol–water partition coefficient (Wildman–Crippen LogP) is 2.29. The smallest absolute Gasteiger partial charge is 0.265 e. The van der Waals surface area contributed by atoms with Crippen molar-refractivity contribution in [3.8, 4) is 11.3 Å². The molecule has 0 spiro atoms. The Bertz CT molecular complexity index is 651. The number of hydrogen-bond donors (Lipinski definition) is 1. The van der Waals surface area contributed by atoms with Crippen molar-refractivity contribution in [2.24, 2.45) is 0 Å². The van der Waals surface area contributed by atoms with E-state index in [0.717, 1.165) is 5.56 Å². The van der Waals surface area contributed by atoms with Crippen LogP contribution in [0.5, 0.6) is 0 Å². The largest absolute Gasteiger partial charge is 0.376 e. The van der Waals surface area contributed by atoms with Gasteiger partial charge in [-0.3, -0.25) is 4.79 Å². The summed E-state index contributed by atoms with van der Waals surface area (Å²) < 4.78 is 11.4. The summed E-state index contributed by atoms with van der Waals surface area (Å²) >= 11 is 3.30. The van der Waals surface area contributed by atoms with Crippen LogP contribution in [-0.4, -0.2) is 29.8 Å². The van der Waals surface area contributed by atoms with Gasteiger partial charge in [0.25, 0.3) is 5.56 Å². The molecule has 5 nitrogen and oxygen atoms in total. The normalized spacial score (nSPS) is 18.9. The Balaban J connectivity index is 2.06. The first-order valence-corrected chi connectivity index (χ1v) is 7.09. The average Bonchev–Trinajstić information content (AvgIpc) is 2.51. The molecule has 6 heteroatoms. The minimum atomic E-state index is -0.327. The van der Waals surface area contributed by atoms with Gasteiger partial charge in [-0.25, -0.2) is 4.98 Å². The summed E-state index contributed by atoms with van der Waals surface area (Å²) in [5.74, 6) is 0.497. The quantitative estimate of drug-likeness (QED) is 0.913. The number of nitrogens with one attached hydrogen (secondary N) is 1. The highest BCUT2D eigenvalue weighted by molar-refractivity contribution is 9.10. The molecule has 1 N–H and O–H groups in total. The zero-order valence-electron chi connectivity index (χ0n) is 10.6. The molecule has 1 aliphatic heterocycles. The van der Waals surface area contributed by atoms with Crippen LogP contribution in [0.2, 0.25) is 0 Å². The molecule has 1 fully saturated rings. The van der Waals surface area contributed by atoms with Crippen LogP contribution in [0.3, 0.4) is 0 Å². The van der Waals surface area contributed by atoms with Crippen molar-refractivity contribution in [1.29, 1.82) is 0 Å². The van der Waals surface area contributed by atoms with Gasteiger partial charge in [-0.1, -0.05) is 30.3 Å². The number of nitrogens with zero attached hydrogens (tertiary/aromatic N) is 1. The number of aromatic nitrogens is 2. The molecule has 2 heterocycles. The van der Waals surface area contributed by atoms with Gasteiger partial charge in [-0.2, -0.15) is 0 Å². The van der Waals surface area contributed by atoms with Gasteiger partial charge in [0.05, 0.1) is 25.5 Å². The Hall–Kier alpha value is -1.50. The fraction of sp³-hybridized carbons (Fsp3) is 0.286. The zero-order chi connectivity index (χ0) is 13.9. The Kier molecular flexibility index (Phi) is 3.95. The van der Waals surface area contributed by atoms with Crippen molar-refractivity contribution in [1.82, 2.24) is 9.97 Å². The van der Waals surface area contributed by atoms with Gasteiger partial charge in [0.1, 0.15) is 16.4 Å². The predicted molar refractivity (Wildman–Crippen MR) is 77.5 cm³/mol. The maximum atomic E-state index is 12.0. The van der Waals surface area contributed by atoms with Crippen LogP contribution >= 0.6 is 15.9 Å². The molecule has 1 aromatic heterocycles. The molecule has 1 aliphatic rings. The third-order valence-corrected chi connectivity index (χ3v) is 3.78. The molecule has 0 saturated carbocycles. The summed E-state index contributed by atoms with van der Waals surface area (Å²) in [7, 11) is 0. The third kappa shape index (κ3) is 2.67. The summed E-state index contributed by atoms with van der Waals surface area (Å²) in [6.45, 7) is 1.48. The fourth-order valence-corrected chi connectivity index (χ4v) is 2.48. The second-order valence-electron chi connectivity index (χ2n) is 4.41. The van der Waals surface area contributed by atoms with Gasteiger partial charge in [0.2, 0.25) is 0 Å². The minimum absolute atomic E-state index is 0.219. The fourth-order valence-electron chi connectivity index (χ4n) is 2.06. The van der Waals surface area contributed by atoms with Crippen LogP contribution in [0.15, 0.2) is 39.6 Å². The first-order chi connectivity index (χ1) is 9.75. The lowest BCUT2D eigenvalue weighted by Crippen LogP contribution is -2.26. The molecule has 1 unspecified atom stereocenters. The van der Waals surface area contributed by atoms with Gasteiger partial charge < -0.3 is 14.5 Å². The first-order valence-electron chi connectivity index (χ1n) is 6.30. The van der Waals surface area contributed by atoms with Crippen LogP contribution in [-0.2, 0) is 9.47 Å². The van der Waals surface area contributed by atoms with E-state index in [2.05, 4.69) is 25.9 Å². The molecule has 0 amide bonds. The number of H-pyrrole nitrogens is 1. The van der Waals surface area contributed by atoms with Crippen molar-refractivity contribution < 1.29 is 9.47 Å². The molecule has 104 valence electrons. The van der Waals surface area contributed by atoms with E-state index in [4.69, 9.17) is 9.47 Å². The molecule has 2 aromatic rings. The molecule has 1 aromatic carbocycles. The molecule has 3 rings (SSSR count). The molecule has 1 atom stereocenters. The van der Waals surface area contributed by atoms with Crippen LogP contribution in [0.4, 0.5) is 0 Å². The maximum absolute atomic E-state index is 12.0. The third-order valence-electron chi connectivity index (χ3n) is 3.05. The van der Waals surface area contributed by atoms with E-state index in [1.807, 2.05) is 30.3 Å². The SMILES string of the molecule is O=c1[nH]c(C2COCCO2)nc(-c2ccccc2)c1Br. The average molecular weight is 337 g/mol. The van der Waals surface area contributed by atoms with E-state index in [9.17, 15) is 4.79 Å². The van der Waals surface area contributed by atoms with Crippen molar-refractivity contribution in [2.45, 2.75) is 6.10 Å². The number of benzene rings is 1. The highest BCUT2D eigenvalue weighted by Crippen LogP contribution is 2.25. The minimum Gasteiger partial charge on any atom is -0.376 e. The second kappa shape index (κ2) is 5.87. The summed E-state index contributed by atoms with van der Waals surface area (Å²) in [6, 6.07) is 9.56. The van der Waals surface area contributed by atoms with Gasteiger partial charge in [-0.05, 0) is 15.9 Å². The standard InChI is InChI=1S/C14H13BrN2O3/c15-11-12(9-4-2-1-3-5-9)16-13(17-14(11)18)10-8-19-6-7-20-10/h1-5,10H,6-8H2,(H,16,17,18). The Labute approximate surface area is 124 Å². The van der Waals surface area contributed by atoms with E-state index >= 15 is 0 Å². The summed E-state index contributed by atoms with van der Waals surface area (Å²) in [5.41, 5.74) is 1.27. The van der Waals surface area contributed by atoms with Gasteiger partial charge in [0.15, 0.2) is 0 Å². The number of halogens is 1. The number of aromatic amines is 1. The number of rotatable bonds is 2. The van der Waals surface area contributed by atoms with Crippen molar-refractivity contribution in [3.05, 3.63) is 51.0 Å². The van der Waals surface area contributed by atoms with E-state index in [1.165, 1.54) is 0 Å². The molecular formula is C14H13BrN2O3. The molecular weight excluding hydrogens is 324 g/mol. The van der Waals surface area contributed by atoms with E-state index in [1.54, 1.807) is 0 Å². The molecule has 20 heavy (non-hydrogen) atoms. The van der Waals surface area contributed by atoms with Crippen molar-refractivity contribution in [2.75, 3.05) is 19.8 Å². The Morgan fingerprint density at radius 2 is 2.05 bits per heavy atom. The number of hydrogen-bond acceptors (Lipinski definition) is 4. The lowest BCUT2D eigenvalue weighted by atomic mass is 10.1.